The maximum atomic E-state index is 12.7. The van der Waals surface area contributed by atoms with Crippen molar-refractivity contribution in [1.82, 2.24) is 19.7 Å². The molecule has 12 heteroatoms. The molecule has 0 aliphatic carbocycles. The van der Waals surface area contributed by atoms with E-state index in [0.717, 1.165) is 37.6 Å². The number of carbonyl (C=O) groups is 1. The highest BCUT2D eigenvalue weighted by atomic mass is 32.2. The second kappa shape index (κ2) is 10.8. The van der Waals surface area contributed by atoms with Crippen LogP contribution >= 0.6 is 0 Å². The molecule has 1 amide bonds. The molecule has 5 rings (SSSR count). The van der Waals surface area contributed by atoms with Crippen LogP contribution in [-0.4, -0.2) is 67.2 Å². The summed E-state index contributed by atoms with van der Waals surface area (Å²) < 4.78 is 29.4. The highest BCUT2D eigenvalue weighted by molar-refractivity contribution is 7.92. The smallest absolute Gasteiger partial charge is 0.281 e. The number of aryl methyl sites for hydroxylation is 1. The van der Waals surface area contributed by atoms with Crippen molar-refractivity contribution in [3.8, 4) is 11.1 Å². The van der Waals surface area contributed by atoms with E-state index in [2.05, 4.69) is 37.0 Å². The van der Waals surface area contributed by atoms with Gasteiger partial charge in [-0.05, 0) is 61.1 Å². The van der Waals surface area contributed by atoms with E-state index in [1.165, 1.54) is 16.9 Å². The number of primary amides is 1. The molecule has 0 unspecified atom stereocenters. The maximum absolute atomic E-state index is 12.7. The number of nitrogens with two attached hydrogens (primary N) is 1. The summed E-state index contributed by atoms with van der Waals surface area (Å²) in [5, 5.41) is 7.16. The van der Waals surface area contributed by atoms with Gasteiger partial charge < -0.3 is 20.9 Å². The topological polar surface area (TPSA) is 138 Å². The summed E-state index contributed by atoms with van der Waals surface area (Å²) in [7, 11) is -0.0763. The summed E-state index contributed by atoms with van der Waals surface area (Å²) in [6.07, 6.45) is 3.10. The Morgan fingerprint density at radius 2 is 1.67 bits per heavy atom. The maximum Gasteiger partial charge on any atom is 0.281 e. The lowest BCUT2D eigenvalue weighted by Crippen LogP contribution is -2.44. The van der Waals surface area contributed by atoms with E-state index in [4.69, 9.17) is 5.73 Å². The molecular formula is C27H30N8O3S. The highest BCUT2D eigenvalue weighted by Crippen LogP contribution is 2.29. The van der Waals surface area contributed by atoms with Gasteiger partial charge in [-0.2, -0.15) is 13.5 Å². The Morgan fingerprint density at radius 3 is 2.33 bits per heavy atom. The molecular weight excluding hydrogens is 516 g/mol. The predicted octanol–water partition coefficient (Wildman–Crippen LogP) is 2.88. The second-order valence-corrected chi connectivity index (χ2v) is 11.1. The van der Waals surface area contributed by atoms with Crippen LogP contribution in [0.3, 0.4) is 0 Å². The van der Waals surface area contributed by atoms with E-state index in [1.807, 2.05) is 30.3 Å². The number of rotatable bonds is 8. The molecule has 1 saturated heterocycles. The minimum absolute atomic E-state index is 0.0759. The Labute approximate surface area is 227 Å². The van der Waals surface area contributed by atoms with Crippen LogP contribution in [0.2, 0.25) is 0 Å². The number of amides is 1. The Bertz CT molecular complexity index is 1590. The van der Waals surface area contributed by atoms with Gasteiger partial charge in [-0.15, -0.1) is 0 Å². The zero-order valence-electron chi connectivity index (χ0n) is 21.7. The van der Waals surface area contributed by atoms with Crippen molar-refractivity contribution < 1.29 is 13.2 Å². The van der Waals surface area contributed by atoms with Crippen LogP contribution in [0.4, 0.5) is 22.7 Å². The number of benzene rings is 2. The number of nitrogens with one attached hydrogen (secondary N) is 2. The number of piperazine rings is 1. The van der Waals surface area contributed by atoms with E-state index in [0.29, 0.717) is 22.5 Å². The van der Waals surface area contributed by atoms with Gasteiger partial charge in [-0.1, -0.05) is 12.1 Å². The standard InChI is InChI=1S/C27H30N8O3S/c1-33-12-14-35(15-13-33)23-8-6-21(7-9-23)30-24-17-20(18-29-26(24)27(28)36)19-4-3-5-22(16-19)32-39(37,38)25-10-11-34(2)31-25/h3-11,16-18,30,32H,12-15H2,1-2H3,(H2,28,36). The van der Waals surface area contributed by atoms with Crippen LogP contribution in [0.15, 0.2) is 78.1 Å². The van der Waals surface area contributed by atoms with E-state index in [1.54, 1.807) is 37.5 Å². The van der Waals surface area contributed by atoms with Crippen LogP contribution in [0.5, 0.6) is 0 Å². The first kappa shape index (κ1) is 26.2. The first-order chi connectivity index (χ1) is 18.7. The van der Waals surface area contributed by atoms with Crippen LogP contribution in [0, 0.1) is 0 Å². The fourth-order valence-corrected chi connectivity index (χ4v) is 5.41. The molecule has 0 spiro atoms. The summed E-state index contributed by atoms with van der Waals surface area (Å²) in [4.78, 5) is 21.1. The van der Waals surface area contributed by atoms with E-state index in [9.17, 15) is 13.2 Å². The van der Waals surface area contributed by atoms with Crippen molar-refractivity contribution in [2.75, 3.05) is 48.2 Å². The van der Waals surface area contributed by atoms with Crippen LogP contribution in [0.25, 0.3) is 11.1 Å². The van der Waals surface area contributed by atoms with Crippen molar-refractivity contribution in [3.63, 3.8) is 0 Å². The average molecular weight is 547 g/mol. The molecule has 1 fully saturated rings. The number of pyridine rings is 1. The van der Waals surface area contributed by atoms with Crippen LogP contribution in [-0.2, 0) is 17.1 Å². The molecule has 1 aliphatic rings. The lowest BCUT2D eigenvalue weighted by molar-refractivity contribution is 0.0996. The van der Waals surface area contributed by atoms with Gasteiger partial charge in [0, 0.05) is 68.2 Å². The zero-order chi connectivity index (χ0) is 27.6. The summed E-state index contributed by atoms with van der Waals surface area (Å²) >= 11 is 0. The molecule has 0 bridgehead atoms. The van der Waals surface area contributed by atoms with E-state index < -0.39 is 15.9 Å². The third-order valence-corrected chi connectivity index (χ3v) is 7.82. The minimum atomic E-state index is -3.85. The first-order valence-electron chi connectivity index (χ1n) is 12.4. The Hall–Kier alpha value is -4.42. The number of likely N-dealkylation sites (N-methyl/N-ethyl adjacent to an activating group) is 1. The zero-order valence-corrected chi connectivity index (χ0v) is 22.5. The fraction of sp³-hybridized carbons (Fsp3) is 0.222. The van der Waals surface area contributed by atoms with Gasteiger partial charge in [-0.3, -0.25) is 14.2 Å². The summed E-state index contributed by atoms with van der Waals surface area (Å²) in [5.74, 6) is -0.657. The van der Waals surface area contributed by atoms with Crippen LogP contribution < -0.4 is 20.7 Å². The minimum Gasteiger partial charge on any atom is -0.369 e. The molecule has 0 saturated carbocycles. The monoisotopic (exact) mass is 546 g/mol. The quantitative estimate of drug-likeness (QED) is 0.307. The van der Waals surface area contributed by atoms with Crippen molar-refractivity contribution in [3.05, 3.63) is 78.8 Å². The van der Waals surface area contributed by atoms with Gasteiger partial charge >= 0.3 is 0 Å². The lowest BCUT2D eigenvalue weighted by Gasteiger charge is -2.34. The number of anilines is 4. The third-order valence-electron chi connectivity index (χ3n) is 6.55. The SMILES string of the molecule is CN1CCN(c2ccc(Nc3cc(-c4cccc(NS(=O)(=O)c5ccn(C)n5)c4)cnc3C(N)=O)cc2)CC1. The first-order valence-corrected chi connectivity index (χ1v) is 13.9. The molecule has 4 aromatic rings. The van der Waals surface area contributed by atoms with Gasteiger partial charge in [0.2, 0.25) is 0 Å². The summed E-state index contributed by atoms with van der Waals surface area (Å²) in [6, 6.07) is 18.1. The number of sulfonamides is 1. The van der Waals surface area contributed by atoms with Crippen molar-refractivity contribution in [2.45, 2.75) is 5.03 Å². The third kappa shape index (κ3) is 6.02. The molecule has 0 atom stereocenters. The normalized spacial score (nSPS) is 14.3. The van der Waals surface area contributed by atoms with E-state index in [-0.39, 0.29) is 10.7 Å². The largest absolute Gasteiger partial charge is 0.369 e. The molecule has 39 heavy (non-hydrogen) atoms. The van der Waals surface area contributed by atoms with Gasteiger partial charge in [0.15, 0.2) is 10.7 Å². The number of carbonyl (C=O) groups excluding carboxylic acids is 1. The molecule has 1 aliphatic heterocycles. The Morgan fingerprint density at radius 1 is 0.923 bits per heavy atom. The van der Waals surface area contributed by atoms with Gasteiger partial charge in [-0.25, -0.2) is 4.98 Å². The van der Waals surface area contributed by atoms with Crippen molar-refractivity contribution >= 4 is 38.7 Å². The van der Waals surface area contributed by atoms with Gasteiger partial charge in [0.05, 0.1) is 5.69 Å². The van der Waals surface area contributed by atoms with E-state index >= 15 is 0 Å². The molecule has 11 nitrogen and oxygen atoms in total. The summed E-state index contributed by atoms with van der Waals surface area (Å²) in [6.45, 7) is 3.98. The second-order valence-electron chi connectivity index (χ2n) is 9.46. The van der Waals surface area contributed by atoms with Crippen molar-refractivity contribution in [2.24, 2.45) is 12.8 Å². The van der Waals surface area contributed by atoms with Crippen LogP contribution in [0.1, 0.15) is 10.5 Å². The molecule has 0 radical (unpaired) electrons. The number of nitrogens with zero attached hydrogens (tertiary/aromatic N) is 5. The number of hydrogen-bond acceptors (Lipinski definition) is 8. The Balaban J connectivity index is 1.38. The number of hydrogen-bond donors (Lipinski definition) is 3. The molecule has 4 N–H and O–H groups in total. The summed E-state index contributed by atoms with van der Waals surface area (Å²) in [5.41, 5.74) is 9.83. The molecule has 3 heterocycles. The predicted molar refractivity (Wildman–Crippen MR) is 152 cm³/mol. The Kier molecular flexibility index (Phi) is 7.22. The molecule has 202 valence electrons. The van der Waals surface area contributed by atoms with Gasteiger partial charge in [0.25, 0.3) is 15.9 Å². The number of aromatic nitrogens is 3. The lowest BCUT2D eigenvalue weighted by atomic mass is 10.1. The molecule has 2 aromatic heterocycles. The average Bonchev–Trinajstić information content (AvgIpc) is 3.37. The highest BCUT2D eigenvalue weighted by Gasteiger charge is 2.18. The van der Waals surface area contributed by atoms with Crippen molar-refractivity contribution in [1.29, 1.82) is 0 Å². The van der Waals surface area contributed by atoms with Gasteiger partial charge in [0.1, 0.15) is 0 Å². The fourth-order valence-electron chi connectivity index (χ4n) is 4.40. The molecule has 2 aromatic carbocycles.